The van der Waals surface area contributed by atoms with Crippen molar-refractivity contribution in [3.8, 4) is 0 Å². The van der Waals surface area contributed by atoms with Crippen LogP contribution in [0.4, 0.5) is 11.5 Å². The molecule has 0 amide bonds. The van der Waals surface area contributed by atoms with E-state index in [9.17, 15) is 0 Å². The summed E-state index contributed by atoms with van der Waals surface area (Å²) in [4.78, 5) is 8.94. The molecule has 1 fully saturated rings. The van der Waals surface area contributed by atoms with E-state index in [1.165, 1.54) is 12.8 Å². The minimum Gasteiger partial charge on any atom is -0.340 e. The van der Waals surface area contributed by atoms with Gasteiger partial charge in [-0.05, 0) is 31.9 Å². The van der Waals surface area contributed by atoms with Crippen molar-refractivity contribution < 1.29 is 0 Å². The van der Waals surface area contributed by atoms with Crippen LogP contribution < -0.4 is 5.32 Å². The van der Waals surface area contributed by atoms with E-state index >= 15 is 0 Å². The first-order valence-electron chi connectivity index (χ1n) is 6.10. The molecule has 3 rings (SSSR count). The summed E-state index contributed by atoms with van der Waals surface area (Å²) in [5, 5.41) is 3.85. The van der Waals surface area contributed by atoms with Crippen LogP contribution in [0.5, 0.6) is 0 Å². The van der Waals surface area contributed by atoms with Gasteiger partial charge in [-0.2, -0.15) is 0 Å². The maximum absolute atomic E-state index is 6.17. The fourth-order valence-corrected chi connectivity index (χ4v) is 1.99. The zero-order valence-corrected chi connectivity index (χ0v) is 10.9. The number of aromatic nitrogens is 2. The third-order valence-corrected chi connectivity index (χ3v) is 3.45. The summed E-state index contributed by atoms with van der Waals surface area (Å²) in [7, 11) is 0. The predicted molar refractivity (Wildman–Crippen MR) is 73.5 cm³/mol. The number of hydrogen-bond donors (Lipinski definition) is 1. The van der Waals surface area contributed by atoms with Crippen molar-refractivity contribution in [1.29, 1.82) is 0 Å². The minimum absolute atomic E-state index is 0.499. The van der Waals surface area contributed by atoms with Gasteiger partial charge in [0.1, 0.15) is 16.8 Å². The fourth-order valence-electron chi connectivity index (χ4n) is 1.81. The molecule has 0 spiro atoms. The first-order valence-corrected chi connectivity index (χ1v) is 6.48. The number of anilines is 2. The first kappa shape index (κ1) is 11.5. The largest absolute Gasteiger partial charge is 0.340 e. The van der Waals surface area contributed by atoms with E-state index in [0.29, 0.717) is 11.1 Å². The van der Waals surface area contributed by atoms with Gasteiger partial charge in [0.15, 0.2) is 0 Å². The average Bonchev–Trinajstić information content (AvgIpc) is 3.20. The molecular formula is C14H14ClN3. The summed E-state index contributed by atoms with van der Waals surface area (Å²) in [5.74, 6) is 2.17. The van der Waals surface area contributed by atoms with Crippen molar-refractivity contribution in [1.82, 2.24) is 9.97 Å². The minimum atomic E-state index is 0.499. The van der Waals surface area contributed by atoms with E-state index in [0.717, 1.165) is 22.9 Å². The molecule has 1 aliphatic carbocycles. The van der Waals surface area contributed by atoms with Crippen molar-refractivity contribution in [3.05, 3.63) is 46.9 Å². The molecule has 1 heterocycles. The van der Waals surface area contributed by atoms with Gasteiger partial charge in [-0.25, -0.2) is 9.97 Å². The Kier molecular flexibility index (Phi) is 2.92. The number of benzene rings is 1. The van der Waals surface area contributed by atoms with Crippen molar-refractivity contribution in [2.75, 3.05) is 5.32 Å². The second-order valence-corrected chi connectivity index (χ2v) is 4.97. The number of nitrogens with zero attached hydrogens (tertiary/aromatic N) is 2. The Hall–Kier alpha value is -1.61. The zero-order chi connectivity index (χ0) is 12.5. The van der Waals surface area contributed by atoms with Crippen LogP contribution in [0.1, 0.15) is 30.1 Å². The Balaban J connectivity index is 1.95. The van der Waals surface area contributed by atoms with Crippen molar-refractivity contribution in [2.24, 2.45) is 0 Å². The molecule has 1 aromatic heterocycles. The number of halogens is 1. The summed E-state index contributed by atoms with van der Waals surface area (Å²) < 4.78 is 0. The zero-order valence-electron chi connectivity index (χ0n) is 10.2. The third kappa shape index (κ3) is 2.31. The Bertz CT molecular complexity index is 565. The second-order valence-electron chi connectivity index (χ2n) is 4.61. The van der Waals surface area contributed by atoms with Gasteiger partial charge in [-0.15, -0.1) is 0 Å². The highest BCUT2D eigenvalue weighted by molar-refractivity contribution is 6.30. The molecule has 1 N–H and O–H groups in total. The van der Waals surface area contributed by atoms with Crippen LogP contribution >= 0.6 is 11.6 Å². The van der Waals surface area contributed by atoms with Gasteiger partial charge in [0.25, 0.3) is 0 Å². The van der Waals surface area contributed by atoms with E-state index in [-0.39, 0.29) is 0 Å². The number of rotatable bonds is 3. The molecular weight excluding hydrogens is 246 g/mol. The van der Waals surface area contributed by atoms with Crippen LogP contribution in [0, 0.1) is 6.92 Å². The molecule has 1 saturated carbocycles. The van der Waals surface area contributed by atoms with Gasteiger partial charge in [0.05, 0.1) is 0 Å². The Morgan fingerprint density at radius 3 is 2.56 bits per heavy atom. The molecule has 0 atom stereocenters. The van der Waals surface area contributed by atoms with E-state index in [1.54, 1.807) is 0 Å². The first-order chi connectivity index (χ1) is 8.74. The van der Waals surface area contributed by atoms with Crippen LogP contribution in [-0.4, -0.2) is 9.97 Å². The Morgan fingerprint density at radius 2 is 1.89 bits per heavy atom. The molecule has 0 saturated heterocycles. The normalized spacial score (nSPS) is 14.6. The summed E-state index contributed by atoms with van der Waals surface area (Å²) in [6.45, 7) is 1.93. The molecule has 0 radical (unpaired) electrons. The van der Waals surface area contributed by atoms with Crippen molar-refractivity contribution >= 4 is 23.1 Å². The van der Waals surface area contributed by atoms with Gasteiger partial charge >= 0.3 is 0 Å². The molecule has 0 aliphatic heterocycles. The molecule has 18 heavy (non-hydrogen) atoms. The molecule has 1 aliphatic rings. The highest BCUT2D eigenvalue weighted by Gasteiger charge is 2.28. The number of para-hydroxylation sites is 1. The third-order valence-electron chi connectivity index (χ3n) is 3.08. The lowest BCUT2D eigenvalue weighted by Crippen LogP contribution is -2.02. The van der Waals surface area contributed by atoms with Gasteiger partial charge < -0.3 is 5.32 Å². The molecule has 0 bridgehead atoms. The van der Waals surface area contributed by atoms with Crippen LogP contribution in [0.25, 0.3) is 0 Å². The summed E-state index contributed by atoms with van der Waals surface area (Å²) in [6, 6.07) is 9.98. The lowest BCUT2D eigenvalue weighted by atomic mass is 10.3. The lowest BCUT2D eigenvalue weighted by Gasteiger charge is -2.11. The maximum atomic E-state index is 6.17. The van der Waals surface area contributed by atoms with Gasteiger partial charge in [-0.1, -0.05) is 29.8 Å². The second kappa shape index (κ2) is 4.58. The van der Waals surface area contributed by atoms with Gasteiger partial charge in [0.2, 0.25) is 0 Å². The van der Waals surface area contributed by atoms with Crippen LogP contribution in [0.2, 0.25) is 5.15 Å². The maximum Gasteiger partial charge on any atom is 0.138 e. The van der Waals surface area contributed by atoms with Crippen LogP contribution in [0.15, 0.2) is 30.3 Å². The quantitative estimate of drug-likeness (QED) is 0.845. The van der Waals surface area contributed by atoms with Crippen LogP contribution in [0.3, 0.4) is 0 Å². The summed E-state index contributed by atoms with van der Waals surface area (Å²) >= 11 is 6.17. The monoisotopic (exact) mass is 259 g/mol. The fraction of sp³-hybridized carbons (Fsp3) is 0.286. The van der Waals surface area contributed by atoms with Crippen molar-refractivity contribution in [2.45, 2.75) is 25.7 Å². The highest BCUT2D eigenvalue weighted by Crippen LogP contribution is 2.39. The van der Waals surface area contributed by atoms with E-state index in [2.05, 4.69) is 15.3 Å². The van der Waals surface area contributed by atoms with E-state index < -0.39 is 0 Å². The van der Waals surface area contributed by atoms with Gasteiger partial charge in [0, 0.05) is 17.2 Å². The van der Waals surface area contributed by atoms with Gasteiger partial charge in [-0.3, -0.25) is 0 Å². The number of nitrogens with one attached hydrogen (secondary N) is 1. The summed E-state index contributed by atoms with van der Waals surface area (Å²) in [6.07, 6.45) is 2.34. The molecule has 3 nitrogen and oxygen atoms in total. The molecule has 1 aromatic carbocycles. The molecule has 2 aromatic rings. The predicted octanol–water partition coefficient (Wildman–Crippen LogP) is 4.06. The van der Waals surface area contributed by atoms with Crippen molar-refractivity contribution in [3.63, 3.8) is 0 Å². The van der Waals surface area contributed by atoms with Crippen LogP contribution in [-0.2, 0) is 0 Å². The lowest BCUT2D eigenvalue weighted by molar-refractivity contribution is 0.922. The molecule has 92 valence electrons. The molecule has 4 heteroatoms. The standard InChI is InChI=1S/C14H14ClN3/c1-9-12(15)17-14(10-7-8-10)18-13(9)16-11-5-3-2-4-6-11/h2-6,10H,7-8H2,1H3,(H,16,17,18). The Morgan fingerprint density at radius 1 is 1.17 bits per heavy atom. The van der Waals surface area contributed by atoms with E-state index in [4.69, 9.17) is 11.6 Å². The topological polar surface area (TPSA) is 37.8 Å². The Labute approximate surface area is 111 Å². The highest BCUT2D eigenvalue weighted by atomic mass is 35.5. The van der Waals surface area contributed by atoms with E-state index in [1.807, 2.05) is 37.3 Å². The SMILES string of the molecule is Cc1c(Cl)nc(C2CC2)nc1Nc1ccccc1. The number of hydrogen-bond acceptors (Lipinski definition) is 3. The smallest absolute Gasteiger partial charge is 0.138 e. The average molecular weight is 260 g/mol. The molecule has 0 unspecified atom stereocenters. The summed E-state index contributed by atoms with van der Waals surface area (Å²) in [5.41, 5.74) is 1.90.